The highest BCUT2D eigenvalue weighted by Gasteiger charge is 2.41. The quantitative estimate of drug-likeness (QED) is 0.891. The minimum atomic E-state index is -3.68. The number of ether oxygens (including phenoxy) is 1. The molecule has 3 atom stereocenters. The molecule has 0 unspecified atom stereocenters. The van der Waals surface area contributed by atoms with Gasteiger partial charge in [-0.15, -0.1) is 0 Å². The van der Waals surface area contributed by atoms with Gasteiger partial charge in [-0.1, -0.05) is 6.07 Å². The molecule has 1 saturated carbocycles. The van der Waals surface area contributed by atoms with Crippen LogP contribution in [0.3, 0.4) is 0 Å². The standard InChI is InChI=1S/C14H18N2O4S/c17-14(13-4-3-12-6-11(13)8-20-12)16-21(18,19)9-10-2-1-5-15-7-10/h1-2,5,7,11-13H,3-4,6,8-9H2,(H,16,17)/t11-,12+,13-/m1/s1. The molecule has 7 heteroatoms. The fraction of sp³-hybridized carbons (Fsp3) is 0.571. The van der Waals surface area contributed by atoms with E-state index in [0.29, 0.717) is 18.6 Å². The van der Waals surface area contributed by atoms with E-state index in [1.165, 1.54) is 6.20 Å². The number of pyridine rings is 1. The minimum Gasteiger partial charge on any atom is -0.378 e. The second kappa shape index (κ2) is 5.73. The maximum atomic E-state index is 12.2. The molecule has 3 rings (SSSR count). The summed E-state index contributed by atoms with van der Waals surface area (Å²) in [7, 11) is -3.68. The highest BCUT2D eigenvalue weighted by Crippen LogP contribution is 2.37. The topological polar surface area (TPSA) is 85.4 Å². The van der Waals surface area contributed by atoms with E-state index in [1.807, 2.05) is 0 Å². The molecule has 1 aromatic rings. The summed E-state index contributed by atoms with van der Waals surface area (Å²) in [6, 6.07) is 3.34. The predicted octanol–water partition coefficient (Wildman–Crippen LogP) is 0.843. The zero-order valence-electron chi connectivity index (χ0n) is 11.6. The van der Waals surface area contributed by atoms with E-state index in [4.69, 9.17) is 4.74 Å². The van der Waals surface area contributed by atoms with Crippen molar-refractivity contribution < 1.29 is 17.9 Å². The molecule has 21 heavy (non-hydrogen) atoms. The van der Waals surface area contributed by atoms with Crippen LogP contribution in [0.2, 0.25) is 0 Å². The first-order chi connectivity index (χ1) is 10.0. The van der Waals surface area contributed by atoms with E-state index in [0.717, 1.165) is 12.8 Å². The number of carbonyl (C=O) groups is 1. The van der Waals surface area contributed by atoms with Crippen molar-refractivity contribution in [2.24, 2.45) is 11.8 Å². The first-order valence-electron chi connectivity index (χ1n) is 7.08. The smallest absolute Gasteiger partial charge is 0.239 e. The molecular weight excluding hydrogens is 292 g/mol. The number of rotatable bonds is 4. The van der Waals surface area contributed by atoms with Gasteiger partial charge in [0.05, 0.1) is 18.5 Å². The monoisotopic (exact) mass is 310 g/mol. The molecule has 2 aliphatic rings. The molecule has 0 aromatic carbocycles. The summed E-state index contributed by atoms with van der Waals surface area (Å²) in [5.41, 5.74) is 0.561. The van der Waals surface area contributed by atoms with Crippen LogP contribution in [0.1, 0.15) is 24.8 Å². The number of amides is 1. The second-order valence-corrected chi connectivity index (χ2v) is 7.44. The molecule has 1 aliphatic carbocycles. The largest absolute Gasteiger partial charge is 0.378 e. The highest BCUT2D eigenvalue weighted by atomic mass is 32.2. The summed E-state index contributed by atoms with van der Waals surface area (Å²) in [6.45, 7) is 0.561. The van der Waals surface area contributed by atoms with Gasteiger partial charge in [-0.05, 0) is 36.8 Å². The van der Waals surface area contributed by atoms with Crippen LogP contribution in [0, 0.1) is 11.8 Å². The van der Waals surface area contributed by atoms with Gasteiger partial charge in [0, 0.05) is 18.3 Å². The van der Waals surface area contributed by atoms with Crippen molar-refractivity contribution in [3.8, 4) is 0 Å². The summed E-state index contributed by atoms with van der Waals surface area (Å²) in [4.78, 5) is 16.1. The van der Waals surface area contributed by atoms with Gasteiger partial charge in [0.15, 0.2) is 0 Å². The number of nitrogens with zero attached hydrogens (tertiary/aromatic N) is 1. The molecule has 1 aliphatic heterocycles. The van der Waals surface area contributed by atoms with Gasteiger partial charge in [-0.3, -0.25) is 14.5 Å². The van der Waals surface area contributed by atoms with Crippen LogP contribution in [0.15, 0.2) is 24.5 Å². The molecule has 114 valence electrons. The maximum Gasteiger partial charge on any atom is 0.239 e. The number of fused-ring (bicyclic) bond motifs is 2. The Bertz CT molecular complexity index is 617. The lowest BCUT2D eigenvalue weighted by Gasteiger charge is -2.25. The number of hydrogen-bond acceptors (Lipinski definition) is 5. The van der Waals surface area contributed by atoms with Crippen LogP contribution in [0.4, 0.5) is 0 Å². The summed E-state index contributed by atoms with van der Waals surface area (Å²) in [6.07, 6.45) is 5.71. The van der Waals surface area contributed by atoms with E-state index in [-0.39, 0.29) is 23.7 Å². The zero-order valence-corrected chi connectivity index (χ0v) is 12.4. The van der Waals surface area contributed by atoms with Crippen molar-refractivity contribution in [3.63, 3.8) is 0 Å². The highest BCUT2D eigenvalue weighted by molar-refractivity contribution is 7.89. The van der Waals surface area contributed by atoms with E-state index in [1.54, 1.807) is 18.3 Å². The van der Waals surface area contributed by atoms with E-state index in [9.17, 15) is 13.2 Å². The molecule has 1 N–H and O–H groups in total. The van der Waals surface area contributed by atoms with Crippen molar-refractivity contribution in [3.05, 3.63) is 30.1 Å². The van der Waals surface area contributed by atoms with Gasteiger partial charge in [-0.25, -0.2) is 8.42 Å². The average molecular weight is 310 g/mol. The maximum absolute atomic E-state index is 12.2. The second-order valence-electron chi connectivity index (χ2n) is 5.72. The van der Waals surface area contributed by atoms with Crippen LogP contribution < -0.4 is 4.72 Å². The van der Waals surface area contributed by atoms with Crippen LogP contribution in [-0.4, -0.2) is 32.0 Å². The molecule has 0 radical (unpaired) electrons. The van der Waals surface area contributed by atoms with Crippen molar-refractivity contribution in [2.45, 2.75) is 31.1 Å². The Morgan fingerprint density at radius 1 is 1.43 bits per heavy atom. The van der Waals surface area contributed by atoms with Crippen LogP contribution in [-0.2, 0) is 25.3 Å². The average Bonchev–Trinajstić information content (AvgIpc) is 2.80. The molecule has 6 nitrogen and oxygen atoms in total. The summed E-state index contributed by atoms with van der Waals surface area (Å²) in [5.74, 6) is -0.735. The van der Waals surface area contributed by atoms with Gasteiger partial charge in [0.1, 0.15) is 0 Å². The fourth-order valence-electron chi connectivity index (χ4n) is 3.13. The molecule has 1 aromatic heterocycles. The number of hydrogen-bond donors (Lipinski definition) is 1. The van der Waals surface area contributed by atoms with E-state index < -0.39 is 15.9 Å². The Hall–Kier alpha value is -1.47. The first-order valence-corrected chi connectivity index (χ1v) is 8.73. The molecule has 2 heterocycles. The summed E-state index contributed by atoms with van der Waals surface area (Å²) < 4.78 is 31.9. The molecular formula is C14H18N2O4S. The molecule has 2 bridgehead atoms. The lowest BCUT2D eigenvalue weighted by molar-refractivity contribution is -0.125. The predicted molar refractivity (Wildman–Crippen MR) is 75.6 cm³/mol. The normalized spacial score (nSPS) is 28.3. The fourth-order valence-corrected chi connectivity index (χ4v) is 4.27. The lowest BCUT2D eigenvalue weighted by atomic mass is 9.80. The first kappa shape index (κ1) is 14.5. The third kappa shape index (κ3) is 3.41. The van der Waals surface area contributed by atoms with Gasteiger partial charge in [0.25, 0.3) is 0 Å². The van der Waals surface area contributed by atoms with Crippen molar-refractivity contribution in [1.29, 1.82) is 0 Å². The SMILES string of the molecule is O=C(NS(=O)(=O)Cc1cccnc1)[C@@H]1CC[C@H]2C[C@@H]1CO2. The Morgan fingerprint density at radius 3 is 3.05 bits per heavy atom. The van der Waals surface area contributed by atoms with Gasteiger partial charge < -0.3 is 4.74 Å². The van der Waals surface area contributed by atoms with Crippen molar-refractivity contribution in [1.82, 2.24) is 9.71 Å². The molecule has 0 spiro atoms. The van der Waals surface area contributed by atoms with Crippen molar-refractivity contribution in [2.75, 3.05) is 6.61 Å². The molecule has 1 amide bonds. The number of nitrogens with one attached hydrogen (secondary N) is 1. The van der Waals surface area contributed by atoms with Gasteiger partial charge in [-0.2, -0.15) is 0 Å². The van der Waals surface area contributed by atoms with Crippen LogP contribution >= 0.6 is 0 Å². The van der Waals surface area contributed by atoms with Crippen molar-refractivity contribution >= 4 is 15.9 Å². The number of aromatic nitrogens is 1. The minimum absolute atomic E-state index is 0.150. The van der Waals surface area contributed by atoms with Gasteiger partial charge >= 0.3 is 0 Å². The van der Waals surface area contributed by atoms with Gasteiger partial charge in [0.2, 0.25) is 15.9 Å². The third-order valence-corrected chi connectivity index (χ3v) is 5.38. The van der Waals surface area contributed by atoms with Crippen LogP contribution in [0.5, 0.6) is 0 Å². The Balaban J connectivity index is 1.63. The van der Waals surface area contributed by atoms with E-state index >= 15 is 0 Å². The van der Waals surface area contributed by atoms with E-state index in [2.05, 4.69) is 9.71 Å². The molecule has 2 fully saturated rings. The zero-order chi connectivity index (χ0) is 14.9. The Kier molecular flexibility index (Phi) is 3.95. The van der Waals surface area contributed by atoms with Crippen LogP contribution in [0.25, 0.3) is 0 Å². The Morgan fingerprint density at radius 2 is 2.29 bits per heavy atom. The lowest BCUT2D eigenvalue weighted by Crippen LogP contribution is -2.40. The summed E-state index contributed by atoms with van der Waals surface area (Å²) in [5, 5.41) is 0. The Labute approximate surface area is 124 Å². The number of carbonyl (C=O) groups excluding carboxylic acids is 1. The molecule has 1 saturated heterocycles. The number of sulfonamides is 1. The third-order valence-electron chi connectivity index (χ3n) is 4.15. The summed E-state index contributed by atoms with van der Waals surface area (Å²) >= 11 is 0.